The van der Waals surface area contributed by atoms with Gasteiger partial charge in [-0.05, 0) is 53.6 Å². The highest BCUT2D eigenvalue weighted by molar-refractivity contribution is 6.05. The fourth-order valence-electron chi connectivity index (χ4n) is 3.06. The van der Waals surface area contributed by atoms with Crippen LogP contribution in [0.3, 0.4) is 0 Å². The number of benzene rings is 3. The van der Waals surface area contributed by atoms with Crippen LogP contribution in [0.25, 0.3) is 6.08 Å². The normalized spacial score (nSPS) is 11.2. The van der Waals surface area contributed by atoms with Crippen LogP contribution in [-0.4, -0.2) is 46.2 Å². The Morgan fingerprint density at radius 2 is 1.26 bits per heavy atom. The summed E-state index contributed by atoms with van der Waals surface area (Å²) in [6.07, 6.45) is 3.18. The summed E-state index contributed by atoms with van der Waals surface area (Å²) in [5.41, 5.74) is 6.75. The van der Waals surface area contributed by atoms with E-state index >= 15 is 0 Å². The zero-order valence-corrected chi connectivity index (χ0v) is 19.8. The standard InChI is InChI=1S/C27H29N5O2/c1-31(2)23-14-10-20(11-15-23)18-25(29-26(33)22-8-6-5-7-9-22)27(34)30-28-19-21-12-16-24(17-13-21)32(3)4/h5-19H,1-4H3,(H,29,33)(H,30,34)/b25-18-,28-19-. The number of nitrogens with one attached hydrogen (secondary N) is 2. The summed E-state index contributed by atoms with van der Waals surface area (Å²) in [5, 5.41) is 6.77. The quantitative estimate of drug-likeness (QED) is 0.308. The minimum Gasteiger partial charge on any atom is -0.378 e. The molecule has 2 amide bonds. The number of nitrogens with zero attached hydrogens (tertiary/aromatic N) is 3. The SMILES string of the molecule is CN(C)c1ccc(/C=N\NC(=O)/C(=C/c2ccc(N(C)C)cc2)NC(=O)c2ccccc2)cc1. The van der Waals surface area contributed by atoms with Crippen molar-refractivity contribution in [3.63, 3.8) is 0 Å². The summed E-state index contributed by atoms with van der Waals surface area (Å²) in [6, 6.07) is 24.1. The van der Waals surface area contributed by atoms with Gasteiger partial charge in [0, 0.05) is 45.1 Å². The van der Waals surface area contributed by atoms with E-state index in [1.807, 2.05) is 92.6 Å². The van der Waals surface area contributed by atoms with Crippen molar-refractivity contribution in [2.45, 2.75) is 0 Å². The van der Waals surface area contributed by atoms with Crippen molar-refractivity contribution >= 4 is 35.5 Å². The molecule has 0 heterocycles. The van der Waals surface area contributed by atoms with Crippen LogP contribution in [0.5, 0.6) is 0 Å². The molecule has 0 radical (unpaired) electrons. The lowest BCUT2D eigenvalue weighted by Crippen LogP contribution is -2.32. The number of carbonyl (C=O) groups is 2. The molecule has 0 aliphatic carbocycles. The first-order valence-corrected chi connectivity index (χ1v) is 10.8. The highest BCUT2D eigenvalue weighted by atomic mass is 16.2. The van der Waals surface area contributed by atoms with Gasteiger partial charge in [0.05, 0.1) is 6.21 Å². The Kier molecular flexibility index (Phi) is 8.18. The van der Waals surface area contributed by atoms with E-state index in [4.69, 9.17) is 0 Å². The van der Waals surface area contributed by atoms with Crippen molar-refractivity contribution in [1.29, 1.82) is 0 Å². The molecule has 0 bridgehead atoms. The van der Waals surface area contributed by atoms with E-state index in [2.05, 4.69) is 15.8 Å². The highest BCUT2D eigenvalue weighted by Crippen LogP contribution is 2.15. The second-order valence-corrected chi connectivity index (χ2v) is 8.05. The van der Waals surface area contributed by atoms with Gasteiger partial charge in [-0.3, -0.25) is 9.59 Å². The monoisotopic (exact) mass is 455 g/mol. The Hall–Kier alpha value is -4.39. The number of hydrazone groups is 1. The average molecular weight is 456 g/mol. The lowest BCUT2D eigenvalue weighted by atomic mass is 10.1. The second-order valence-electron chi connectivity index (χ2n) is 8.05. The maximum absolute atomic E-state index is 12.9. The van der Waals surface area contributed by atoms with Gasteiger partial charge in [0.25, 0.3) is 11.8 Å². The van der Waals surface area contributed by atoms with Gasteiger partial charge in [-0.15, -0.1) is 0 Å². The molecule has 3 aromatic rings. The first kappa shape index (κ1) is 24.3. The van der Waals surface area contributed by atoms with Gasteiger partial charge in [0.1, 0.15) is 5.70 Å². The number of hydrogen-bond acceptors (Lipinski definition) is 5. The molecule has 0 unspecified atom stereocenters. The Bertz CT molecular complexity index is 1170. The molecule has 7 heteroatoms. The zero-order chi connectivity index (χ0) is 24.5. The number of hydrogen-bond donors (Lipinski definition) is 2. The van der Waals surface area contributed by atoms with Crippen LogP contribution in [0.15, 0.2) is 89.7 Å². The topological polar surface area (TPSA) is 77.0 Å². The van der Waals surface area contributed by atoms with Gasteiger partial charge >= 0.3 is 0 Å². The van der Waals surface area contributed by atoms with Gasteiger partial charge in [-0.2, -0.15) is 5.10 Å². The Morgan fingerprint density at radius 3 is 1.79 bits per heavy atom. The van der Waals surface area contributed by atoms with E-state index in [9.17, 15) is 9.59 Å². The highest BCUT2D eigenvalue weighted by Gasteiger charge is 2.14. The van der Waals surface area contributed by atoms with Gasteiger partial charge < -0.3 is 15.1 Å². The smallest absolute Gasteiger partial charge is 0.287 e. The molecule has 174 valence electrons. The largest absolute Gasteiger partial charge is 0.378 e. The third-order valence-corrected chi connectivity index (χ3v) is 5.04. The predicted octanol–water partition coefficient (Wildman–Crippen LogP) is 3.74. The summed E-state index contributed by atoms with van der Waals surface area (Å²) in [6.45, 7) is 0. The average Bonchev–Trinajstić information content (AvgIpc) is 2.84. The Morgan fingerprint density at radius 1 is 0.735 bits per heavy atom. The van der Waals surface area contributed by atoms with Crippen LogP contribution in [0.4, 0.5) is 11.4 Å². The van der Waals surface area contributed by atoms with E-state index in [1.54, 1.807) is 36.6 Å². The molecule has 0 aliphatic heterocycles. The minimum atomic E-state index is -0.526. The van der Waals surface area contributed by atoms with Crippen molar-refractivity contribution in [3.8, 4) is 0 Å². The van der Waals surface area contributed by atoms with E-state index in [0.717, 1.165) is 22.5 Å². The molecule has 0 saturated carbocycles. The van der Waals surface area contributed by atoms with Crippen molar-refractivity contribution in [3.05, 3.63) is 101 Å². The maximum Gasteiger partial charge on any atom is 0.287 e. The molecule has 0 fully saturated rings. The van der Waals surface area contributed by atoms with Crippen LogP contribution in [0.2, 0.25) is 0 Å². The van der Waals surface area contributed by atoms with E-state index in [1.165, 1.54) is 0 Å². The third kappa shape index (κ3) is 6.80. The summed E-state index contributed by atoms with van der Waals surface area (Å²) in [5.74, 6) is -0.905. The lowest BCUT2D eigenvalue weighted by Gasteiger charge is -2.13. The molecule has 0 aromatic heterocycles. The first-order valence-electron chi connectivity index (χ1n) is 10.8. The van der Waals surface area contributed by atoms with Gasteiger partial charge in [-0.1, -0.05) is 42.5 Å². The Balaban J connectivity index is 1.78. The predicted molar refractivity (Wildman–Crippen MR) is 139 cm³/mol. The van der Waals surface area contributed by atoms with Crippen molar-refractivity contribution < 1.29 is 9.59 Å². The molecule has 34 heavy (non-hydrogen) atoms. The summed E-state index contributed by atoms with van der Waals surface area (Å²) >= 11 is 0. The maximum atomic E-state index is 12.9. The number of rotatable bonds is 8. The molecular formula is C27H29N5O2. The molecule has 0 aliphatic rings. The second kappa shape index (κ2) is 11.5. The van der Waals surface area contributed by atoms with Crippen LogP contribution >= 0.6 is 0 Å². The minimum absolute atomic E-state index is 0.0894. The fourth-order valence-corrected chi connectivity index (χ4v) is 3.06. The molecular weight excluding hydrogens is 426 g/mol. The molecule has 0 saturated heterocycles. The van der Waals surface area contributed by atoms with Crippen LogP contribution in [0.1, 0.15) is 21.5 Å². The molecule has 3 rings (SSSR count). The van der Waals surface area contributed by atoms with E-state index in [0.29, 0.717) is 5.56 Å². The van der Waals surface area contributed by atoms with Crippen molar-refractivity contribution in [2.24, 2.45) is 5.10 Å². The van der Waals surface area contributed by atoms with Crippen molar-refractivity contribution in [1.82, 2.24) is 10.7 Å². The summed E-state index contributed by atoms with van der Waals surface area (Å²) in [4.78, 5) is 29.6. The first-order chi connectivity index (χ1) is 16.3. The van der Waals surface area contributed by atoms with Gasteiger partial charge in [-0.25, -0.2) is 5.43 Å². The van der Waals surface area contributed by atoms with E-state index < -0.39 is 5.91 Å². The lowest BCUT2D eigenvalue weighted by molar-refractivity contribution is -0.117. The molecule has 0 spiro atoms. The number of amides is 2. The van der Waals surface area contributed by atoms with Gasteiger partial charge in [0.2, 0.25) is 0 Å². The van der Waals surface area contributed by atoms with Crippen molar-refractivity contribution in [2.75, 3.05) is 38.0 Å². The molecule has 2 N–H and O–H groups in total. The number of anilines is 2. The van der Waals surface area contributed by atoms with Crippen LogP contribution in [0, 0.1) is 0 Å². The molecule has 3 aromatic carbocycles. The van der Waals surface area contributed by atoms with E-state index in [-0.39, 0.29) is 11.6 Å². The summed E-state index contributed by atoms with van der Waals surface area (Å²) in [7, 11) is 7.84. The molecule has 0 atom stereocenters. The van der Waals surface area contributed by atoms with Crippen LogP contribution < -0.4 is 20.5 Å². The van der Waals surface area contributed by atoms with Gasteiger partial charge in [0.15, 0.2) is 0 Å². The fraction of sp³-hybridized carbons (Fsp3) is 0.148. The van der Waals surface area contributed by atoms with Crippen LogP contribution in [-0.2, 0) is 4.79 Å². The Labute approximate surface area is 200 Å². The number of carbonyl (C=O) groups excluding carboxylic acids is 2. The molecule has 7 nitrogen and oxygen atoms in total. The third-order valence-electron chi connectivity index (χ3n) is 5.04. The summed E-state index contributed by atoms with van der Waals surface area (Å²) < 4.78 is 0. The zero-order valence-electron chi connectivity index (χ0n) is 19.8.